The zero-order chi connectivity index (χ0) is 18.4. The number of benzene rings is 1. The molecule has 0 unspecified atom stereocenters. The molecule has 0 saturated carbocycles. The van der Waals surface area contributed by atoms with E-state index in [4.69, 9.17) is 9.47 Å². The molecular formula is C19H24N4O3. The van der Waals surface area contributed by atoms with Gasteiger partial charge in [-0.1, -0.05) is 12.1 Å². The summed E-state index contributed by atoms with van der Waals surface area (Å²) >= 11 is 0. The molecule has 138 valence electrons. The predicted octanol–water partition coefficient (Wildman–Crippen LogP) is 1.92. The second kappa shape index (κ2) is 8.62. The van der Waals surface area contributed by atoms with Crippen LogP contribution in [-0.2, 0) is 11.2 Å². The fourth-order valence-corrected chi connectivity index (χ4v) is 2.80. The molecule has 1 fully saturated rings. The van der Waals surface area contributed by atoms with Gasteiger partial charge in [0.2, 0.25) is 5.95 Å². The number of hydrogen-bond acceptors (Lipinski definition) is 6. The van der Waals surface area contributed by atoms with Crippen LogP contribution < -0.4 is 10.1 Å². The summed E-state index contributed by atoms with van der Waals surface area (Å²) in [5, 5.41) is 3.21. The molecule has 0 radical (unpaired) electrons. The lowest BCUT2D eigenvalue weighted by Crippen LogP contribution is -2.41. The van der Waals surface area contributed by atoms with Crippen LogP contribution in [0.5, 0.6) is 5.75 Å². The predicted molar refractivity (Wildman–Crippen MR) is 98.7 cm³/mol. The first-order chi connectivity index (χ1) is 12.7. The number of carbonyl (C=O) groups excluding carboxylic acids is 1. The molecule has 1 saturated heterocycles. The summed E-state index contributed by atoms with van der Waals surface area (Å²) in [5.41, 5.74) is 2.38. The zero-order valence-electron chi connectivity index (χ0n) is 15.2. The van der Waals surface area contributed by atoms with Gasteiger partial charge >= 0.3 is 0 Å². The van der Waals surface area contributed by atoms with Crippen LogP contribution in [-0.4, -0.2) is 60.7 Å². The summed E-state index contributed by atoms with van der Waals surface area (Å²) in [6, 6.07) is 9.68. The zero-order valence-corrected chi connectivity index (χ0v) is 15.2. The summed E-state index contributed by atoms with van der Waals surface area (Å²) < 4.78 is 10.5. The first-order valence-electron chi connectivity index (χ1n) is 8.75. The number of aryl methyl sites for hydroxylation is 1. The number of carbonyl (C=O) groups is 1. The van der Waals surface area contributed by atoms with Crippen LogP contribution in [0.25, 0.3) is 0 Å². The van der Waals surface area contributed by atoms with E-state index in [1.54, 1.807) is 18.1 Å². The molecule has 1 amide bonds. The number of morpholine rings is 1. The van der Waals surface area contributed by atoms with Crippen molar-refractivity contribution in [2.75, 3.05) is 45.3 Å². The quantitative estimate of drug-likeness (QED) is 0.852. The first kappa shape index (κ1) is 18.1. The lowest BCUT2D eigenvalue weighted by molar-refractivity contribution is 0.0299. The van der Waals surface area contributed by atoms with E-state index in [1.165, 1.54) is 5.56 Å². The Labute approximate surface area is 153 Å². The first-order valence-corrected chi connectivity index (χ1v) is 8.75. The van der Waals surface area contributed by atoms with Gasteiger partial charge in [0.15, 0.2) is 0 Å². The Morgan fingerprint density at radius 2 is 1.96 bits per heavy atom. The average Bonchev–Trinajstić information content (AvgIpc) is 2.68. The number of hydrogen-bond donors (Lipinski definition) is 1. The van der Waals surface area contributed by atoms with E-state index in [-0.39, 0.29) is 5.91 Å². The van der Waals surface area contributed by atoms with Crippen molar-refractivity contribution >= 4 is 11.9 Å². The van der Waals surface area contributed by atoms with Gasteiger partial charge in [0.1, 0.15) is 11.4 Å². The molecule has 1 aliphatic heterocycles. The van der Waals surface area contributed by atoms with Gasteiger partial charge in [-0.25, -0.2) is 9.97 Å². The van der Waals surface area contributed by atoms with Gasteiger partial charge in [-0.2, -0.15) is 0 Å². The Balaban J connectivity index is 1.60. The summed E-state index contributed by atoms with van der Waals surface area (Å²) in [7, 11) is 1.65. The molecule has 7 nitrogen and oxygen atoms in total. The van der Waals surface area contributed by atoms with Crippen LogP contribution in [0.15, 0.2) is 30.3 Å². The molecule has 0 spiro atoms. The van der Waals surface area contributed by atoms with Gasteiger partial charge < -0.3 is 19.7 Å². The van der Waals surface area contributed by atoms with Crippen LogP contribution in [0.3, 0.4) is 0 Å². The van der Waals surface area contributed by atoms with Crippen molar-refractivity contribution in [2.45, 2.75) is 13.3 Å². The summed E-state index contributed by atoms with van der Waals surface area (Å²) in [6.45, 7) is 4.89. The number of aromatic nitrogens is 2. The Bertz CT molecular complexity index is 743. The highest BCUT2D eigenvalue weighted by Gasteiger charge is 2.20. The Kier molecular flexibility index (Phi) is 6.01. The monoisotopic (exact) mass is 356 g/mol. The Morgan fingerprint density at radius 1 is 1.23 bits per heavy atom. The maximum absolute atomic E-state index is 12.6. The minimum absolute atomic E-state index is 0.0722. The van der Waals surface area contributed by atoms with Gasteiger partial charge in [0, 0.05) is 25.3 Å². The molecule has 0 aliphatic carbocycles. The van der Waals surface area contributed by atoms with Crippen molar-refractivity contribution in [3.05, 3.63) is 47.3 Å². The smallest absolute Gasteiger partial charge is 0.272 e. The van der Waals surface area contributed by atoms with Crippen LogP contribution in [0, 0.1) is 6.92 Å². The van der Waals surface area contributed by atoms with E-state index in [2.05, 4.69) is 15.3 Å². The van der Waals surface area contributed by atoms with Crippen LogP contribution in [0.4, 0.5) is 5.95 Å². The topological polar surface area (TPSA) is 76.6 Å². The third-order valence-electron chi connectivity index (χ3n) is 4.23. The van der Waals surface area contributed by atoms with E-state index >= 15 is 0 Å². The highest BCUT2D eigenvalue weighted by atomic mass is 16.5. The van der Waals surface area contributed by atoms with Gasteiger partial charge in [0.05, 0.1) is 20.3 Å². The third-order valence-corrected chi connectivity index (χ3v) is 4.23. The van der Waals surface area contributed by atoms with Crippen molar-refractivity contribution in [1.29, 1.82) is 0 Å². The Morgan fingerprint density at radius 3 is 2.65 bits per heavy atom. The van der Waals surface area contributed by atoms with E-state index in [0.717, 1.165) is 17.9 Å². The number of nitrogens with zero attached hydrogens (tertiary/aromatic N) is 3. The SMILES string of the molecule is COc1ccc(CCNc2nc(C)cc(C(=O)N3CCOCC3)n2)cc1. The van der Waals surface area contributed by atoms with E-state index in [0.29, 0.717) is 44.5 Å². The minimum Gasteiger partial charge on any atom is -0.497 e. The largest absolute Gasteiger partial charge is 0.497 e. The fourth-order valence-electron chi connectivity index (χ4n) is 2.80. The molecule has 7 heteroatoms. The van der Waals surface area contributed by atoms with Crippen LogP contribution in [0.2, 0.25) is 0 Å². The van der Waals surface area contributed by atoms with E-state index in [9.17, 15) is 4.79 Å². The van der Waals surface area contributed by atoms with Crippen molar-refractivity contribution in [3.63, 3.8) is 0 Å². The van der Waals surface area contributed by atoms with Gasteiger partial charge in [-0.15, -0.1) is 0 Å². The molecule has 1 aromatic heterocycles. The number of anilines is 1. The molecule has 2 heterocycles. The second-order valence-corrected chi connectivity index (χ2v) is 6.15. The van der Waals surface area contributed by atoms with Crippen molar-refractivity contribution in [1.82, 2.24) is 14.9 Å². The summed E-state index contributed by atoms with van der Waals surface area (Å²) in [5.74, 6) is 1.25. The van der Waals surface area contributed by atoms with E-state index in [1.807, 2.05) is 31.2 Å². The lowest BCUT2D eigenvalue weighted by Gasteiger charge is -2.26. The summed E-state index contributed by atoms with van der Waals surface area (Å²) in [4.78, 5) is 23.1. The standard InChI is InChI=1S/C19H24N4O3/c1-14-13-17(18(24)23-9-11-26-12-10-23)22-19(21-14)20-8-7-15-3-5-16(25-2)6-4-15/h3-6,13H,7-12H2,1-2H3,(H,20,21,22). The summed E-state index contributed by atoms with van der Waals surface area (Å²) in [6.07, 6.45) is 0.827. The molecule has 3 rings (SSSR count). The molecule has 1 aliphatic rings. The number of amides is 1. The number of methoxy groups -OCH3 is 1. The normalized spacial score (nSPS) is 14.2. The van der Waals surface area contributed by atoms with Crippen molar-refractivity contribution < 1.29 is 14.3 Å². The maximum Gasteiger partial charge on any atom is 0.272 e. The number of ether oxygens (including phenoxy) is 2. The molecular weight excluding hydrogens is 332 g/mol. The van der Waals surface area contributed by atoms with Crippen LogP contribution >= 0.6 is 0 Å². The molecule has 0 atom stereocenters. The van der Waals surface area contributed by atoms with E-state index < -0.39 is 0 Å². The Hall–Kier alpha value is -2.67. The average molecular weight is 356 g/mol. The van der Waals surface area contributed by atoms with Crippen LogP contribution in [0.1, 0.15) is 21.7 Å². The molecule has 26 heavy (non-hydrogen) atoms. The van der Waals surface area contributed by atoms with Gasteiger partial charge in [0.25, 0.3) is 5.91 Å². The molecule has 0 bridgehead atoms. The molecule has 1 aromatic carbocycles. The highest BCUT2D eigenvalue weighted by Crippen LogP contribution is 2.13. The number of rotatable bonds is 6. The molecule has 2 aromatic rings. The fraction of sp³-hybridized carbons (Fsp3) is 0.421. The second-order valence-electron chi connectivity index (χ2n) is 6.15. The third kappa shape index (κ3) is 4.70. The lowest BCUT2D eigenvalue weighted by atomic mass is 10.1. The van der Waals surface area contributed by atoms with Crippen molar-refractivity contribution in [2.24, 2.45) is 0 Å². The highest BCUT2D eigenvalue weighted by molar-refractivity contribution is 5.92. The molecule has 1 N–H and O–H groups in total. The maximum atomic E-state index is 12.6. The number of nitrogens with one attached hydrogen (secondary N) is 1. The van der Waals surface area contributed by atoms with Gasteiger partial charge in [-0.3, -0.25) is 4.79 Å². The van der Waals surface area contributed by atoms with Gasteiger partial charge in [-0.05, 0) is 37.1 Å². The minimum atomic E-state index is -0.0722. The van der Waals surface area contributed by atoms with Crippen molar-refractivity contribution in [3.8, 4) is 5.75 Å².